The average Bonchev–Trinajstić information content (AvgIpc) is 1.83. The van der Waals surface area contributed by atoms with Crippen LogP contribution in [0.4, 0.5) is 0 Å². The second kappa shape index (κ2) is 8.57. The molecule has 0 radical (unpaired) electrons. The van der Waals surface area contributed by atoms with Crippen molar-refractivity contribution < 1.29 is 8.85 Å². The van der Waals surface area contributed by atoms with Crippen molar-refractivity contribution >= 4 is 19.2 Å². The lowest BCUT2D eigenvalue weighted by molar-refractivity contribution is 0.277. The number of rotatable bonds is 4. The molecule has 4 heteroatoms. The molecule has 0 aliphatic carbocycles. The van der Waals surface area contributed by atoms with Crippen molar-refractivity contribution in [3.8, 4) is 0 Å². The van der Waals surface area contributed by atoms with Crippen molar-refractivity contribution in [2.75, 3.05) is 14.2 Å². The van der Waals surface area contributed by atoms with E-state index in [-0.39, 0.29) is 9.90 Å². The summed E-state index contributed by atoms with van der Waals surface area (Å²) < 4.78 is 10.1. The van der Waals surface area contributed by atoms with E-state index in [1.54, 1.807) is 14.2 Å². The van der Waals surface area contributed by atoms with Crippen LogP contribution in [0, 0.1) is 0 Å². The summed E-state index contributed by atoms with van der Waals surface area (Å²) in [6, 6.07) is 1.12. The molecule has 0 bridgehead atoms. The molecule has 9 heavy (non-hydrogen) atoms. The topological polar surface area (TPSA) is 18.5 Å². The summed E-state index contributed by atoms with van der Waals surface area (Å²) >= 11 is 0. The Balaban J connectivity index is 0. The molecule has 0 aromatic carbocycles. The molecule has 0 saturated carbocycles. The van der Waals surface area contributed by atoms with Crippen molar-refractivity contribution in [1.82, 2.24) is 0 Å². The van der Waals surface area contributed by atoms with Gasteiger partial charge in [-0.15, -0.1) is 0 Å². The Morgan fingerprint density at radius 3 is 1.78 bits per heavy atom. The molecule has 0 amide bonds. The molecule has 0 rings (SSSR count). The lowest BCUT2D eigenvalue weighted by Gasteiger charge is -2.07. The molecule has 0 heterocycles. The van der Waals surface area contributed by atoms with E-state index in [2.05, 4.69) is 6.92 Å². The minimum absolute atomic E-state index is 0. The summed E-state index contributed by atoms with van der Waals surface area (Å²) in [4.78, 5) is 0. The van der Waals surface area contributed by atoms with E-state index in [0.29, 0.717) is 0 Å². The SMILES string of the molecule is CCC[SiH](OC)OC.P. The predicted molar refractivity (Wildman–Crippen MR) is 47.4 cm³/mol. The van der Waals surface area contributed by atoms with Crippen LogP contribution in [-0.2, 0) is 8.85 Å². The van der Waals surface area contributed by atoms with Crippen LogP contribution in [0.25, 0.3) is 0 Å². The van der Waals surface area contributed by atoms with Crippen molar-refractivity contribution in [3.63, 3.8) is 0 Å². The fourth-order valence-electron chi connectivity index (χ4n) is 0.568. The number of hydrogen-bond donors (Lipinski definition) is 0. The zero-order valence-corrected chi connectivity index (χ0v) is 9.08. The largest absolute Gasteiger partial charge is 0.400 e. The molecule has 58 valence electrons. The van der Waals surface area contributed by atoms with E-state index in [1.165, 1.54) is 6.42 Å². The Morgan fingerprint density at radius 2 is 1.67 bits per heavy atom. The minimum Gasteiger partial charge on any atom is -0.400 e. The van der Waals surface area contributed by atoms with Gasteiger partial charge in [-0.1, -0.05) is 13.3 Å². The van der Waals surface area contributed by atoms with Crippen LogP contribution in [0.3, 0.4) is 0 Å². The van der Waals surface area contributed by atoms with Crippen LogP contribution in [-0.4, -0.2) is 23.5 Å². The minimum atomic E-state index is -1.19. The van der Waals surface area contributed by atoms with E-state index >= 15 is 0 Å². The van der Waals surface area contributed by atoms with Crippen molar-refractivity contribution in [2.45, 2.75) is 19.4 Å². The van der Waals surface area contributed by atoms with E-state index in [1.807, 2.05) is 0 Å². The maximum Gasteiger partial charge on any atom is 0.320 e. The van der Waals surface area contributed by atoms with Gasteiger partial charge in [-0.2, -0.15) is 9.90 Å². The van der Waals surface area contributed by atoms with Gasteiger partial charge in [0.1, 0.15) is 0 Å². The lowest BCUT2D eigenvalue weighted by atomic mass is 10.6. The monoisotopic (exact) mass is 168 g/mol. The van der Waals surface area contributed by atoms with Gasteiger partial charge in [0, 0.05) is 14.2 Å². The van der Waals surface area contributed by atoms with Crippen LogP contribution < -0.4 is 0 Å². The zero-order valence-electron chi connectivity index (χ0n) is 6.52. The fraction of sp³-hybridized carbons (Fsp3) is 1.00. The Kier molecular flexibility index (Phi) is 11.7. The summed E-state index contributed by atoms with van der Waals surface area (Å²) in [5.41, 5.74) is 0. The third kappa shape index (κ3) is 6.45. The van der Waals surface area contributed by atoms with Crippen molar-refractivity contribution in [1.29, 1.82) is 0 Å². The summed E-state index contributed by atoms with van der Waals surface area (Å²) in [6.45, 7) is 2.14. The molecule has 0 aliphatic rings. The molecule has 0 saturated heterocycles. The first-order chi connectivity index (χ1) is 3.85. The normalized spacial score (nSPS) is 9.33. The highest BCUT2D eigenvalue weighted by molar-refractivity contribution is 6.92. The fourth-order valence-corrected chi connectivity index (χ4v) is 1.70. The smallest absolute Gasteiger partial charge is 0.320 e. The number of hydrogen-bond acceptors (Lipinski definition) is 2. The molecule has 2 nitrogen and oxygen atoms in total. The van der Waals surface area contributed by atoms with Crippen LogP contribution in [0.2, 0.25) is 6.04 Å². The molecule has 0 N–H and O–H groups in total. The van der Waals surface area contributed by atoms with Gasteiger partial charge in [0.25, 0.3) is 0 Å². The Labute approximate surface area is 62.4 Å². The highest BCUT2D eigenvalue weighted by atomic mass is 31.0. The first-order valence-corrected chi connectivity index (χ1v) is 4.66. The lowest BCUT2D eigenvalue weighted by Crippen LogP contribution is -2.17. The van der Waals surface area contributed by atoms with Gasteiger partial charge in [-0.25, -0.2) is 0 Å². The standard InChI is InChI=1S/C5H14O2Si.H3P/c1-4-5-8(6-2)7-3;/h8H,4-5H2,1-3H3;1H3. The van der Waals surface area contributed by atoms with Crippen LogP contribution in [0.1, 0.15) is 13.3 Å². The van der Waals surface area contributed by atoms with Crippen molar-refractivity contribution in [3.05, 3.63) is 0 Å². The molecule has 1 atom stereocenters. The maximum atomic E-state index is 5.06. The maximum absolute atomic E-state index is 5.06. The van der Waals surface area contributed by atoms with Gasteiger partial charge >= 0.3 is 9.28 Å². The van der Waals surface area contributed by atoms with Gasteiger partial charge in [0.05, 0.1) is 0 Å². The first-order valence-electron chi connectivity index (χ1n) is 2.90. The third-order valence-corrected chi connectivity index (χ3v) is 3.15. The van der Waals surface area contributed by atoms with Gasteiger partial charge in [0.15, 0.2) is 0 Å². The molecule has 1 unspecified atom stereocenters. The molecule has 0 spiro atoms. The van der Waals surface area contributed by atoms with E-state index in [0.717, 1.165) is 6.04 Å². The van der Waals surface area contributed by atoms with Crippen LogP contribution in [0.15, 0.2) is 0 Å². The van der Waals surface area contributed by atoms with Gasteiger partial charge < -0.3 is 8.85 Å². The summed E-state index contributed by atoms with van der Waals surface area (Å²) in [7, 11) is 2.24. The molecular weight excluding hydrogens is 151 g/mol. The highest BCUT2D eigenvalue weighted by Crippen LogP contribution is 1.96. The van der Waals surface area contributed by atoms with E-state index in [9.17, 15) is 0 Å². The van der Waals surface area contributed by atoms with E-state index < -0.39 is 9.28 Å². The molecule has 0 aliphatic heterocycles. The van der Waals surface area contributed by atoms with Crippen LogP contribution in [0.5, 0.6) is 0 Å². The van der Waals surface area contributed by atoms with Gasteiger partial charge in [0.2, 0.25) is 0 Å². The Bertz CT molecular complexity index is 50.2. The average molecular weight is 168 g/mol. The second-order valence-electron chi connectivity index (χ2n) is 1.69. The zero-order chi connectivity index (χ0) is 6.41. The third-order valence-electron chi connectivity index (χ3n) is 1.05. The highest BCUT2D eigenvalue weighted by Gasteiger charge is 2.05. The summed E-state index contributed by atoms with van der Waals surface area (Å²) in [5, 5.41) is 0. The summed E-state index contributed by atoms with van der Waals surface area (Å²) in [6.07, 6.45) is 1.17. The Hall–Kier alpha value is 0.567. The van der Waals surface area contributed by atoms with Crippen LogP contribution >= 0.6 is 9.90 Å². The van der Waals surface area contributed by atoms with Gasteiger partial charge in [-0.3, -0.25) is 0 Å². The summed E-state index contributed by atoms with van der Waals surface area (Å²) in [5.74, 6) is 0. The van der Waals surface area contributed by atoms with Crippen molar-refractivity contribution in [2.24, 2.45) is 0 Å². The first kappa shape index (κ1) is 12.3. The molecule has 0 aromatic heterocycles. The molecule has 0 fully saturated rings. The molecule has 0 aromatic rings. The van der Waals surface area contributed by atoms with E-state index in [4.69, 9.17) is 8.85 Å². The Morgan fingerprint density at radius 1 is 1.22 bits per heavy atom. The molecular formula is C5H17O2PSi. The van der Waals surface area contributed by atoms with Gasteiger partial charge in [-0.05, 0) is 6.04 Å². The predicted octanol–water partition coefficient (Wildman–Crippen LogP) is 0.968. The quantitative estimate of drug-likeness (QED) is 0.460. The second-order valence-corrected chi connectivity index (χ2v) is 4.07.